The van der Waals surface area contributed by atoms with Gasteiger partial charge < -0.3 is 0 Å². The van der Waals surface area contributed by atoms with Gasteiger partial charge in [0, 0.05) is 21.5 Å². The minimum Gasteiger partial charge on any atom is -0.257 e. The van der Waals surface area contributed by atoms with E-state index in [1.807, 2.05) is 90.0 Å². The topological polar surface area (TPSA) is 15.6 Å². The zero-order chi connectivity index (χ0) is 19.5. The first-order valence-electron chi connectivity index (χ1n) is 8.91. The Labute approximate surface area is 179 Å². The van der Waals surface area contributed by atoms with Gasteiger partial charge in [0.2, 0.25) is 0 Å². The lowest BCUT2D eigenvalue weighted by atomic mass is 10.0. The highest BCUT2D eigenvalue weighted by Crippen LogP contribution is 2.38. The largest absolute Gasteiger partial charge is 0.257 e. The maximum absolute atomic E-state index is 6.49. The summed E-state index contributed by atoms with van der Waals surface area (Å²) in [5.74, 6) is 0. The fourth-order valence-electron chi connectivity index (χ4n) is 3.25. The molecule has 1 aliphatic heterocycles. The highest BCUT2D eigenvalue weighted by atomic mass is 35.5. The van der Waals surface area contributed by atoms with Gasteiger partial charge in [0.15, 0.2) is 0 Å². The van der Waals surface area contributed by atoms with E-state index in [1.54, 1.807) is 0 Å². The number of nitrogens with zero attached hydrogens (tertiary/aromatic N) is 2. The molecule has 1 heterocycles. The van der Waals surface area contributed by atoms with E-state index in [4.69, 9.17) is 39.9 Å². The van der Waals surface area contributed by atoms with Crippen LogP contribution in [-0.4, -0.2) is 5.71 Å². The van der Waals surface area contributed by atoms with Crippen molar-refractivity contribution in [3.05, 3.63) is 105 Å². The van der Waals surface area contributed by atoms with Crippen molar-refractivity contribution in [2.45, 2.75) is 12.5 Å². The molecule has 0 aromatic heterocycles. The van der Waals surface area contributed by atoms with E-state index in [-0.39, 0.29) is 6.04 Å². The Kier molecular flexibility index (Phi) is 5.72. The Hall–Kier alpha value is -2.26. The Morgan fingerprint density at radius 1 is 0.786 bits per heavy atom. The van der Waals surface area contributed by atoms with Crippen molar-refractivity contribution in [3.63, 3.8) is 0 Å². The molecule has 1 atom stereocenters. The van der Waals surface area contributed by atoms with Crippen molar-refractivity contribution in [2.75, 3.05) is 5.01 Å². The van der Waals surface area contributed by atoms with Gasteiger partial charge in [-0.1, -0.05) is 77.3 Å². The molecule has 0 spiro atoms. The predicted molar refractivity (Wildman–Crippen MR) is 121 cm³/mol. The molecule has 140 valence electrons. The molecular formula is C23H17Cl3N2. The van der Waals surface area contributed by atoms with E-state index in [0.29, 0.717) is 5.02 Å². The van der Waals surface area contributed by atoms with Crippen LogP contribution in [-0.2, 0) is 0 Å². The highest BCUT2D eigenvalue weighted by molar-refractivity contribution is 6.32. The summed E-state index contributed by atoms with van der Waals surface area (Å²) < 4.78 is 0. The van der Waals surface area contributed by atoms with Crippen LogP contribution < -0.4 is 5.01 Å². The first-order valence-corrected chi connectivity index (χ1v) is 10.0. The third kappa shape index (κ3) is 4.10. The van der Waals surface area contributed by atoms with Gasteiger partial charge >= 0.3 is 0 Å². The number of benzene rings is 3. The number of anilines is 1. The van der Waals surface area contributed by atoms with Gasteiger partial charge in [0.25, 0.3) is 0 Å². The van der Waals surface area contributed by atoms with Crippen LogP contribution in [0.3, 0.4) is 0 Å². The summed E-state index contributed by atoms with van der Waals surface area (Å²) in [5.41, 5.74) is 3.94. The average Bonchev–Trinajstić information content (AvgIpc) is 3.12. The molecule has 1 aliphatic rings. The lowest BCUT2D eigenvalue weighted by Gasteiger charge is -2.24. The molecular weight excluding hydrogens is 411 g/mol. The fourth-order valence-corrected chi connectivity index (χ4v) is 3.84. The quantitative estimate of drug-likeness (QED) is 0.417. The third-order valence-electron chi connectivity index (χ3n) is 4.65. The second-order valence-corrected chi connectivity index (χ2v) is 7.76. The molecule has 0 saturated heterocycles. The predicted octanol–water partition coefficient (Wildman–Crippen LogP) is 7.67. The molecule has 0 fully saturated rings. The summed E-state index contributed by atoms with van der Waals surface area (Å²) in [6, 6.07) is 23.3. The molecule has 0 saturated carbocycles. The number of halogens is 3. The van der Waals surface area contributed by atoms with Crippen molar-refractivity contribution >= 4 is 52.3 Å². The minimum absolute atomic E-state index is 0.0146. The fraction of sp³-hybridized carbons (Fsp3) is 0.0870. The lowest BCUT2D eigenvalue weighted by Crippen LogP contribution is -2.18. The highest BCUT2D eigenvalue weighted by Gasteiger charge is 2.29. The van der Waals surface area contributed by atoms with Gasteiger partial charge in [-0.2, -0.15) is 5.10 Å². The number of hydrazone groups is 1. The standard InChI is InChI=1S/C23H17Cl3N2/c24-17-10-13-19(14-11-17)28-23(20-6-2-4-8-22(20)26)15-18(27-28)12-9-16-5-1-3-7-21(16)25/h1-14,23H,15H2. The van der Waals surface area contributed by atoms with Crippen LogP contribution >= 0.6 is 34.8 Å². The van der Waals surface area contributed by atoms with Crippen LogP contribution in [0, 0.1) is 0 Å². The molecule has 3 aromatic carbocycles. The van der Waals surface area contributed by atoms with E-state index in [9.17, 15) is 0 Å². The van der Waals surface area contributed by atoms with Gasteiger partial charge in [-0.25, -0.2) is 0 Å². The van der Waals surface area contributed by atoms with Crippen molar-refractivity contribution < 1.29 is 0 Å². The van der Waals surface area contributed by atoms with Crippen LogP contribution in [0.15, 0.2) is 84.0 Å². The molecule has 2 nitrogen and oxygen atoms in total. The lowest BCUT2D eigenvalue weighted by molar-refractivity contribution is 0.709. The first kappa shape index (κ1) is 19.1. The van der Waals surface area contributed by atoms with Crippen LogP contribution in [0.5, 0.6) is 0 Å². The normalized spacial score (nSPS) is 16.6. The van der Waals surface area contributed by atoms with Gasteiger partial charge in [-0.05, 0) is 53.6 Å². The average molecular weight is 428 g/mol. The number of allylic oxidation sites excluding steroid dienone is 1. The summed E-state index contributed by atoms with van der Waals surface area (Å²) in [4.78, 5) is 0. The van der Waals surface area contributed by atoms with E-state index >= 15 is 0 Å². The van der Waals surface area contributed by atoms with Crippen LogP contribution in [0.2, 0.25) is 15.1 Å². The van der Waals surface area contributed by atoms with Crippen molar-refractivity contribution in [2.24, 2.45) is 5.10 Å². The first-order chi connectivity index (χ1) is 13.6. The van der Waals surface area contributed by atoms with E-state index < -0.39 is 0 Å². The zero-order valence-electron chi connectivity index (χ0n) is 14.9. The maximum Gasteiger partial charge on any atom is 0.0845 e. The van der Waals surface area contributed by atoms with E-state index in [2.05, 4.69) is 0 Å². The molecule has 0 bridgehead atoms. The molecule has 1 unspecified atom stereocenters. The smallest absolute Gasteiger partial charge is 0.0845 e. The Balaban J connectivity index is 1.69. The van der Waals surface area contributed by atoms with Crippen molar-refractivity contribution in [1.82, 2.24) is 0 Å². The summed E-state index contributed by atoms with van der Waals surface area (Å²) in [6.07, 6.45) is 4.75. The Morgan fingerprint density at radius 2 is 1.46 bits per heavy atom. The number of hydrogen-bond donors (Lipinski definition) is 0. The van der Waals surface area contributed by atoms with Crippen molar-refractivity contribution in [3.8, 4) is 0 Å². The van der Waals surface area contributed by atoms with Gasteiger partial charge in [-0.3, -0.25) is 5.01 Å². The minimum atomic E-state index is 0.0146. The molecule has 0 N–H and O–H groups in total. The summed E-state index contributed by atoms with van der Waals surface area (Å²) in [6.45, 7) is 0. The van der Waals surface area contributed by atoms with Crippen LogP contribution in [0.25, 0.3) is 6.08 Å². The van der Waals surface area contributed by atoms with E-state index in [1.165, 1.54) is 0 Å². The molecule has 28 heavy (non-hydrogen) atoms. The second-order valence-electron chi connectivity index (χ2n) is 6.51. The molecule has 0 aliphatic carbocycles. The summed E-state index contributed by atoms with van der Waals surface area (Å²) >= 11 is 18.8. The SMILES string of the molecule is Clc1ccc(N2N=C(C=Cc3ccccc3Cl)CC2c2ccccc2Cl)cc1. The zero-order valence-corrected chi connectivity index (χ0v) is 17.2. The third-order valence-corrected chi connectivity index (χ3v) is 5.59. The molecule has 5 heteroatoms. The van der Waals surface area contributed by atoms with Gasteiger partial charge in [-0.15, -0.1) is 0 Å². The molecule has 0 radical (unpaired) electrons. The number of hydrogen-bond acceptors (Lipinski definition) is 2. The van der Waals surface area contributed by atoms with Crippen LogP contribution in [0.4, 0.5) is 5.69 Å². The van der Waals surface area contributed by atoms with E-state index in [0.717, 1.165) is 39.0 Å². The van der Waals surface area contributed by atoms with Crippen molar-refractivity contribution in [1.29, 1.82) is 0 Å². The monoisotopic (exact) mass is 426 g/mol. The van der Waals surface area contributed by atoms with Gasteiger partial charge in [0.05, 0.1) is 17.4 Å². The Morgan fingerprint density at radius 3 is 2.18 bits per heavy atom. The summed E-state index contributed by atoms with van der Waals surface area (Å²) in [7, 11) is 0. The second kappa shape index (κ2) is 8.40. The molecule has 0 amide bonds. The Bertz CT molecular complexity index is 1040. The molecule has 4 rings (SSSR count). The number of rotatable bonds is 4. The summed E-state index contributed by atoms with van der Waals surface area (Å²) in [5, 5.41) is 9.00. The molecule has 3 aromatic rings. The maximum atomic E-state index is 6.49. The van der Waals surface area contributed by atoms with Crippen LogP contribution in [0.1, 0.15) is 23.6 Å². The van der Waals surface area contributed by atoms with Gasteiger partial charge in [0.1, 0.15) is 0 Å².